The molecule has 4 heteroatoms. The summed E-state index contributed by atoms with van der Waals surface area (Å²) in [7, 11) is 0. The van der Waals surface area contributed by atoms with Crippen LogP contribution in [-0.2, 0) is 4.79 Å². The van der Waals surface area contributed by atoms with Crippen molar-refractivity contribution in [1.29, 1.82) is 5.26 Å². The van der Waals surface area contributed by atoms with Crippen LogP contribution >= 0.6 is 0 Å². The summed E-state index contributed by atoms with van der Waals surface area (Å²) in [6.45, 7) is 2.85. The normalized spacial score (nSPS) is 23.4. The third-order valence-corrected chi connectivity index (χ3v) is 3.94. The first-order valence-corrected chi connectivity index (χ1v) is 6.96. The summed E-state index contributed by atoms with van der Waals surface area (Å²) in [5, 5.41) is 18.8. The predicted octanol–water partition coefficient (Wildman–Crippen LogP) is 2.06. The van der Waals surface area contributed by atoms with Gasteiger partial charge < -0.3 is 10.0 Å². The van der Waals surface area contributed by atoms with Crippen molar-refractivity contribution in [1.82, 2.24) is 4.90 Å². The largest absolute Gasteiger partial charge is 0.387 e. The van der Waals surface area contributed by atoms with E-state index in [0.717, 1.165) is 5.56 Å². The number of hydrogen-bond donors (Lipinski definition) is 1. The van der Waals surface area contributed by atoms with E-state index < -0.39 is 5.60 Å². The fourth-order valence-electron chi connectivity index (χ4n) is 2.65. The summed E-state index contributed by atoms with van der Waals surface area (Å²) in [5.74, 6) is 0.212. The van der Waals surface area contributed by atoms with E-state index in [4.69, 9.17) is 5.26 Å². The molecule has 1 amide bonds. The monoisotopic (exact) mass is 272 g/mol. The zero-order valence-electron chi connectivity index (χ0n) is 11.7. The van der Waals surface area contributed by atoms with Gasteiger partial charge in [0.15, 0.2) is 0 Å². The van der Waals surface area contributed by atoms with Gasteiger partial charge in [-0.2, -0.15) is 5.26 Å². The van der Waals surface area contributed by atoms with E-state index in [1.54, 1.807) is 4.90 Å². The average Bonchev–Trinajstić information content (AvgIpc) is 2.82. The minimum Gasteiger partial charge on any atom is -0.387 e. The number of benzene rings is 1. The highest BCUT2D eigenvalue weighted by molar-refractivity contribution is 5.77. The van der Waals surface area contributed by atoms with Gasteiger partial charge in [0.25, 0.3) is 0 Å². The molecule has 0 aliphatic carbocycles. The van der Waals surface area contributed by atoms with E-state index in [2.05, 4.69) is 0 Å². The Morgan fingerprint density at radius 3 is 2.85 bits per heavy atom. The molecule has 1 aromatic rings. The van der Waals surface area contributed by atoms with Crippen molar-refractivity contribution in [2.45, 2.75) is 37.7 Å². The Morgan fingerprint density at radius 2 is 2.20 bits per heavy atom. The van der Waals surface area contributed by atoms with Crippen LogP contribution in [0.4, 0.5) is 0 Å². The highest BCUT2D eigenvalue weighted by Crippen LogP contribution is 2.27. The maximum atomic E-state index is 12.3. The summed E-state index contributed by atoms with van der Waals surface area (Å²) in [6.07, 6.45) is 1.02. The van der Waals surface area contributed by atoms with Gasteiger partial charge in [-0.15, -0.1) is 0 Å². The van der Waals surface area contributed by atoms with E-state index in [1.807, 2.05) is 43.3 Å². The van der Waals surface area contributed by atoms with Crippen LogP contribution in [-0.4, -0.2) is 34.6 Å². The van der Waals surface area contributed by atoms with Crippen molar-refractivity contribution in [3.05, 3.63) is 35.9 Å². The molecule has 0 aromatic heterocycles. The van der Waals surface area contributed by atoms with Crippen molar-refractivity contribution in [2.75, 3.05) is 13.1 Å². The fraction of sp³-hybridized carbons (Fsp3) is 0.500. The zero-order valence-corrected chi connectivity index (χ0v) is 11.7. The molecule has 2 unspecified atom stereocenters. The lowest BCUT2D eigenvalue weighted by Crippen LogP contribution is -2.36. The molecule has 106 valence electrons. The van der Waals surface area contributed by atoms with Crippen LogP contribution in [0.1, 0.15) is 37.7 Å². The van der Waals surface area contributed by atoms with Crippen LogP contribution in [0, 0.1) is 11.3 Å². The summed E-state index contributed by atoms with van der Waals surface area (Å²) in [6, 6.07) is 11.9. The summed E-state index contributed by atoms with van der Waals surface area (Å²) < 4.78 is 0. The lowest BCUT2D eigenvalue weighted by atomic mass is 9.97. The number of rotatable bonds is 4. The molecule has 4 nitrogen and oxygen atoms in total. The Morgan fingerprint density at radius 1 is 1.50 bits per heavy atom. The summed E-state index contributed by atoms with van der Waals surface area (Å²) in [4.78, 5) is 13.9. The van der Waals surface area contributed by atoms with E-state index in [-0.39, 0.29) is 24.8 Å². The molecule has 1 fully saturated rings. The molecule has 0 bridgehead atoms. The predicted molar refractivity (Wildman–Crippen MR) is 75.9 cm³/mol. The maximum Gasteiger partial charge on any atom is 0.223 e. The van der Waals surface area contributed by atoms with Crippen LogP contribution in [0.2, 0.25) is 0 Å². The molecule has 0 radical (unpaired) electrons. The van der Waals surface area contributed by atoms with Gasteiger partial charge in [-0.05, 0) is 17.9 Å². The molecule has 1 aliphatic rings. The van der Waals surface area contributed by atoms with Crippen molar-refractivity contribution < 1.29 is 9.90 Å². The lowest BCUT2D eigenvalue weighted by molar-refractivity contribution is -0.131. The third-order valence-electron chi connectivity index (χ3n) is 3.94. The number of β-amino-alcohol motifs (C(OH)–C–C–N with tert-alkyl or cyclic N) is 1. The second kappa shape index (κ2) is 6.06. The average molecular weight is 272 g/mol. The molecule has 1 N–H and O–H groups in total. The van der Waals surface area contributed by atoms with Crippen molar-refractivity contribution >= 4 is 5.91 Å². The third kappa shape index (κ3) is 3.37. The molecule has 1 aliphatic heterocycles. The zero-order chi connectivity index (χ0) is 14.6. The highest BCUT2D eigenvalue weighted by atomic mass is 16.3. The Labute approximate surface area is 119 Å². The van der Waals surface area contributed by atoms with Crippen LogP contribution in [0.25, 0.3) is 0 Å². The minimum atomic E-state index is -1.01. The van der Waals surface area contributed by atoms with E-state index in [0.29, 0.717) is 19.4 Å². The van der Waals surface area contributed by atoms with Gasteiger partial charge in [-0.1, -0.05) is 37.3 Å². The van der Waals surface area contributed by atoms with Gasteiger partial charge >= 0.3 is 0 Å². The Kier molecular flexibility index (Phi) is 4.41. The number of carbonyl (C=O) groups is 1. The van der Waals surface area contributed by atoms with E-state index in [9.17, 15) is 9.90 Å². The first-order chi connectivity index (χ1) is 9.54. The summed E-state index contributed by atoms with van der Waals surface area (Å²) in [5.41, 5.74) is 0.132. The molecular weight excluding hydrogens is 252 g/mol. The quantitative estimate of drug-likeness (QED) is 0.912. The molecular formula is C16H20N2O2. The second-order valence-electron chi connectivity index (χ2n) is 5.64. The van der Waals surface area contributed by atoms with Crippen LogP contribution < -0.4 is 0 Å². The number of nitriles is 1. The Hall–Kier alpha value is -1.86. The highest BCUT2D eigenvalue weighted by Gasteiger charge is 2.38. The first kappa shape index (κ1) is 14.5. The van der Waals surface area contributed by atoms with Crippen molar-refractivity contribution in [2.24, 2.45) is 0 Å². The van der Waals surface area contributed by atoms with Gasteiger partial charge in [0.1, 0.15) is 0 Å². The van der Waals surface area contributed by atoms with Gasteiger partial charge in [-0.25, -0.2) is 0 Å². The standard InChI is InChI=1S/C16H20N2O2/c1-13(14-5-3-2-4-6-14)11-15(19)18-10-8-16(20,12-18)7-9-17/h2-6,13,20H,7-8,10-12H2,1H3. The molecule has 1 aromatic carbocycles. The van der Waals surface area contributed by atoms with Gasteiger partial charge in [0.2, 0.25) is 5.91 Å². The molecule has 0 saturated carbocycles. The SMILES string of the molecule is CC(CC(=O)N1CCC(O)(CC#N)C1)c1ccccc1. The van der Waals surface area contributed by atoms with Gasteiger partial charge in [0, 0.05) is 13.0 Å². The first-order valence-electron chi connectivity index (χ1n) is 6.96. The van der Waals surface area contributed by atoms with Crippen LogP contribution in [0.15, 0.2) is 30.3 Å². The second-order valence-corrected chi connectivity index (χ2v) is 5.64. The molecule has 2 rings (SSSR count). The lowest BCUT2D eigenvalue weighted by Gasteiger charge is -2.22. The van der Waals surface area contributed by atoms with E-state index in [1.165, 1.54) is 0 Å². The Balaban J connectivity index is 1.92. The van der Waals surface area contributed by atoms with E-state index >= 15 is 0 Å². The number of hydrogen-bond acceptors (Lipinski definition) is 3. The molecule has 20 heavy (non-hydrogen) atoms. The molecule has 2 atom stereocenters. The van der Waals surface area contributed by atoms with Gasteiger partial charge in [-0.3, -0.25) is 4.79 Å². The fourth-order valence-corrected chi connectivity index (χ4v) is 2.65. The number of carbonyl (C=O) groups excluding carboxylic acids is 1. The number of likely N-dealkylation sites (tertiary alicyclic amines) is 1. The van der Waals surface area contributed by atoms with Crippen LogP contribution in [0.3, 0.4) is 0 Å². The van der Waals surface area contributed by atoms with Crippen molar-refractivity contribution in [3.8, 4) is 6.07 Å². The van der Waals surface area contributed by atoms with Gasteiger partial charge in [0.05, 0.1) is 24.6 Å². The smallest absolute Gasteiger partial charge is 0.223 e. The minimum absolute atomic E-state index is 0.0511. The van der Waals surface area contributed by atoms with Crippen molar-refractivity contribution in [3.63, 3.8) is 0 Å². The molecule has 1 heterocycles. The Bertz CT molecular complexity index is 509. The molecule has 0 spiro atoms. The van der Waals surface area contributed by atoms with Crippen LogP contribution in [0.5, 0.6) is 0 Å². The number of amides is 1. The maximum absolute atomic E-state index is 12.3. The topological polar surface area (TPSA) is 64.3 Å². The summed E-state index contributed by atoms with van der Waals surface area (Å²) >= 11 is 0. The number of nitrogens with zero attached hydrogens (tertiary/aromatic N) is 2. The number of aliphatic hydroxyl groups is 1. The molecule has 1 saturated heterocycles.